The minimum absolute atomic E-state index is 1.41. The van der Waals surface area contributed by atoms with Crippen LogP contribution in [-0.2, 0) is 0 Å². The summed E-state index contributed by atoms with van der Waals surface area (Å²) in [7, 11) is 0. The van der Waals surface area contributed by atoms with Crippen molar-refractivity contribution in [1.82, 2.24) is 0 Å². The molecule has 0 saturated heterocycles. The topological polar surface area (TPSA) is 0 Å². The van der Waals surface area contributed by atoms with Gasteiger partial charge in [0, 0.05) is 10.1 Å². The first-order chi connectivity index (χ1) is 6.77. The van der Waals surface area contributed by atoms with E-state index in [1.807, 2.05) is 22.7 Å². The van der Waals surface area contributed by atoms with Gasteiger partial charge in [0.05, 0.1) is 12.3 Å². The van der Waals surface area contributed by atoms with Crippen molar-refractivity contribution in [3.63, 3.8) is 0 Å². The van der Waals surface area contributed by atoms with Gasteiger partial charge in [-0.25, -0.2) is 0 Å². The van der Waals surface area contributed by atoms with Crippen LogP contribution in [0.5, 0.6) is 0 Å². The molecule has 2 heterocycles. The van der Waals surface area contributed by atoms with Gasteiger partial charge in [-0.3, -0.25) is 0 Å². The second-order valence-corrected chi connectivity index (χ2v) is 7.14. The van der Waals surface area contributed by atoms with Crippen molar-refractivity contribution >= 4 is 64.8 Å². The fraction of sp³-hybridized carbons (Fsp3) is 0.0909. The molecule has 0 saturated carbocycles. The molecule has 0 aliphatic heterocycles. The summed E-state index contributed by atoms with van der Waals surface area (Å²) < 4.78 is 5.77. The van der Waals surface area contributed by atoms with Gasteiger partial charge in [-0.1, -0.05) is 18.2 Å². The number of hydrogen-bond donors (Lipinski definition) is 0. The van der Waals surface area contributed by atoms with Crippen molar-refractivity contribution in [1.29, 1.82) is 0 Å². The van der Waals surface area contributed by atoms with Gasteiger partial charge in [-0.05, 0) is 41.1 Å². The summed E-state index contributed by atoms with van der Waals surface area (Å²) in [4.78, 5) is 0. The molecule has 70 valence electrons. The van der Waals surface area contributed by atoms with Gasteiger partial charge in [0.1, 0.15) is 0 Å². The number of fused-ring (bicyclic) bond motifs is 3. The van der Waals surface area contributed by atoms with E-state index in [2.05, 4.69) is 53.8 Å². The summed E-state index contributed by atoms with van der Waals surface area (Å²) in [6, 6.07) is 8.66. The normalized spacial score (nSPS) is 11.6. The van der Waals surface area contributed by atoms with Crippen molar-refractivity contribution in [3.8, 4) is 0 Å². The largest absolute Gasteiger partial charge is 0.134 e. The Hall–Kier alpha value is -0.130. The van der Waals surface area contributed by atoms with Gasteiger partial charge >= 0.3 is 0 Å². The zero-order chi connectivity index (χ0) is 9.71. The van der Waals surface area contributed by atoms with Crippen LogP contribution in [0.2, 0.25) is 0 Å². The fourth-order valence-electron chi connectivity index (χ4n) is 1.63. The zero-order valence-electron chi connectivity index (χ0n) is 7.50. The van der Waals surface area contributed by atoms with Gasteiger partial charge in [-0.15, -0.1) is 22.7 Å². The van der Waals surface area contributed by atoms with E-state index >= 15 is 0 Å². The summed E-state index contributed by atoms with van der Waals surface area (Å²) in [5, 5.41) is 1.42. The summed E-state index contributed by atoms with van der Waals surface area (Å²) in [6.07, 6.45) is 0. The molecule has 0 amide bonds. The number of benzene rings is 1. The summed E-state index contributed by atoms with van der Waals surface area (Å²) in [6.45, 7) is 2.22. The van der Waals surface area contributed by atoms with E-state index < -0.39 is 0 Å². The van der Waals surface area contributed by atoms with Crippen LogP contribution in [-0.4, -0.2) is 0 Å². The van der Waals surface area contributed by atoms with Crippen molar-refractivity contribution in [2.75, 3.05) is 0 Å². The molecule has 0 unspecified atom stereocenters. The molecule has 0 spiro atoms. The third-order valence-corrected chi connectivity index (χ3v) is 6.38. The standard InChI is InChI=1S/C11H7IS2/c1-6-9-10(14-11(6)12)7-4-2-3-5-8(7)13-9/h2-5H,1H3. The molecule has 0 aliphatic carbocycles. The summed E-state index contributed by atoms with van der Waals surface area (Å²) >= 11 is 6.26. The van der Waals surface area contributed by atoms with Crippen LogP contribution in [0, 0.1) is 9.81 Å². The second kappa shape index (κ2) is 3.18. The van der Waals surface area contributed by atoms with E-state index in [1.165, 1.54) is 27.9 Å². The Morgan fingerprint density at radius 2 is 1.86 bits per heavy atom. The number of hydrogen-bond acceptors (Lipinski definition) is 2. The minimum atomic E-state index is 1.41. The predicted octanol–water partition coefficient (Wildman–Crippen LogP) is 5.03. The van der Waals surface area contributed by atoms with Crippen molar-refractivity contribution in [2.45, 2.75) is 6.92 Å². The number of thiophene rings is 2. The van der Waals surface area contributed by atoms with Crippen LogP contribution in [0.3, 0.4) is 0 Å². The highest BCUT2D eigenvalue weighted by atomic mass is 127. The molecule has 0 fully saturated rings. The lowest BCUT2D eigenvalue weighted by Crippen LogP contribution is -1.62. The first-order valence-corrected chi connectivity index (χ1v) is 7.04. The molecule has 0 bridgehead atoms. The number of rotatable bonds is 0. The fourth-order valence-corrected chi connectivity index (χ4v) is 5.19. The highest BCUT2D eigenvalue weighted by molar-refractivity contribution is 14.1. The van der Waals surface area contributed by atoms with Crippen molar-refractivity contribution in [2.24, 2.45) is 0 Å². The first kappa shape index (κ1) is 9.12. The highest BCUT2D eigenvalue weighted by Gasteiger charge is 2.11. The molecule has 1 aromatic carbocycles. The third-order valence-electron chi connectivity index (χ3n) is 2.38. The number of aryl methyl sites for hydroxylation is 1. The van der Waals surface area contributed by atoms with Crippen molar-refractivity contribution in [3.05, 3.63) is 32.7 Å². The molecule has 0 radical (unpaired) electrons. The van der Waals surface area contributed by atoms with Crippen LogP contribution in [0.1, 0.15) is 5.56 Å². The Balaban J connectivity index is 2.60. The first-order valence-electron chi connectivity index (χ1n) is 4.33. The van der Waals surface area contributed by atoms with Crippen LogP contribution in [0.25, 0.3) is 19.5 Å². The average molecular weight is 330 g/mol. The molecule has 14 heavy (non-hydrogen) atoms. The SMILES string of the molecule is Cc1c(I)sc2c1sc1ccccc12. The monoisotopic (exact) mass is 330 g/mol. The lowest BCUT2D eigenvalue weighted by atomic mass is 10.2. The maximum atomic E-state index is 2.43. The van der Waals surface area contributed by atoms with Crippen LogP contribution < -0.4 is 0 Å². The van der Waals surface area contributed by atoms with Crippen LogP contribution >= 0.6 is 45.3 Å². The molecule has 0 aliphatic rings. The molecule has 0 atom stereocenters. The Morgan fingerprint density at radius 1 is 1.07 bits per heavy atom. The summed E-state index contributed by atoms with van der Waals surface area (Å²) in [5.74, 6) is 0. The molecular weight excluding hydrogens is 323 g/mol. The van der Waals surface area contributed by atoms with E-state index in [0.717, 1.165) is 0 Å². The predicted molar refractivity (Wildman–Crippen MR) is 74.7 cm³/mol. The Kier molecular flexibility index (Phi) is 2.07. The van der Waals surface area contributed by atoms with E-state index in [0.29, 0.717) is 0 Å². The lowest BCUT2D eigenvalue weighted by molar-refractivity contribution is 1.59. The second-order valence-electron chi connectivity index (χ2n) is 3.26. The quantitative estimate of drug-likeness (QED) is 0.507. The van der Waals surface area contributed by atoms with Gasteiger partial charge in [-0.2, -0.15) is 0 Å². The molecule has 3 aromatic rings. The van der Waals surface area contributed by atoms with E-state index in [1.54, 1.807) is 0 Å². The third kappa shape index (κ3) is 1.15. The molecule has 0 nitrogen and oxygen atoms in total. The van der Waals surface area contributed by atoms with E-state index in [4.69, 9.17) is 0 Å². The molecule has 0 N–H and O–H groups in total. The maximum Gasteiger partial charge on any atom is 0.0703 e. The maximum absolute atomic E-state index is 2.43. The van der Waals surface area contributed by atoms with Crippen LogP contribution in [0.15, 0.2) is 24.3 Å². The Bertz CT molecular complexity index is 619. The van der Waals surface area contributed by atoms with E-state index in [9.17, 15) is 0 Å². The average Bonchev–Trinajstić information content (AvgIpc) is 2.67. The van der Waals surface area contributed by atoms with Gasteiger partial charge in [0.25, 0.3) is 0 Å². The molecule has 3 heteroatoms. The van der Waals surface area contributed by atoms with E-state index in [-0.39, 0.29) is 0 Å². The summed E-state index contributed by atoms with van der Waals surface area (Å²) in [5.41, 5.74) is 1.45. The highest BCUT2D eigenvalue weighted by Crippen LogP contribution is 2.42. The molecule has 3 rings (SSSR count). The van der Waals surface area contributed by atoms with Gasteiger partial charge < -0.3 is 0 Å². The van der Waals surface area contributed by atoms with Gasteiger partial charge in [0.15, 0.2) is 0 Å². The minimum Gasteiger partial charge on any atom is -0.134 e. The van der Waals surface area contributed by atoms with Crippen LogP contribution in [0.4, 0.5) is 0 Å². The van der Waals surface area contributed by atoms with Gasteiger partial charge in [0.2, 0.25) is 0 Å². The number of halogens is 1. The smallest absolute Gasteiger partial charge is 0.0703 e. The lowest BCUT2D eigenvalue weighted by Gasteiger charge is -1.86. The Labute approximate surface area is 104 Å². The molecule has 2 aromatic heterocycles. The Morgan fingerprint density at radius 3 is 2.71 bits per heavy atom. The molecular formula is C11H7IS2. The van der Waals surface area contributed by atoms with Crippen molar-refractivity contribution < 1.29 is 0 Å². The zero-order valence-corrected chi connectivity index (χ0v) is 11.3.